The smallest absolute Gasteiger partial charge is 0.245 e. The summed E-state index contributed by atoms with van der Waals surface area (Å²) in [7, 11) is -2.02. The molecule has 0 spiro atoms. The number of halogens is 1. The SMILES string of the molecule is COc1ccc(NC(=O)CN(c2ccc(I)cc2)S(C)(=O)=O)cc1. The zero-order valence-electron chi connectivity index (χ0n) is 13.2. The van der Waals surface area contributed by atoms with Crippen molar-refractivity contribution in [3.63, 3.8) is 0 Å². The van der Waals surface area contributed by atoms with Crippen LogP contribution in [0.15, 0.2) is 48.5 Å². The maximum absolute atomic E-state index is 12.2. The van der Waals surface area contributed by atoms with Gasteiger partial charge >= 0.3 is 0 Å². The highest BCUT2D eigenvalue weighted by Gasteiger charge is 2.20. The average molecular weight is 460 g/mol. The summed E-state index contributed by atoms with van der Waals surface area (Å²) in [5.74, 6) is 0.244. The first-order valence-corrected chi connectivity index (χ1v) is 9.89. The highest BCUT2D eigenvalue weighted by molar-refractivity contribution is 14.1. The third-order valence-electron chi connectivity index (χ3n) is 3.18. The number of methoxy groups -OCH3 is 1. The summed E-state index contributed by atoms with van der Waals surface area (Å²) >= 11 is 2.13. The molecule has 0 aliphatic rings. The maximum Gasteiger partial charge on any atom is 0.245 e. The van der Waals surface area contributed by atoms with Crippen molar-refractivity contribution in [1.82, 2.24) is 0 Å². The molecule has 2 rings (SSSR count). The predicted octanol–water partition coefficient (Wildman–Crippen LogP) is 2.70. The first-order valence-electron chi connectivity index (χ1n) is 6.97. The van der Waals surface area contributed by atoms with Gasteiger partial charge in [0, 0.05) is 9.26 Å². The lowest BCUT2D eigenvalue weighted by Gasteiger charge is -2.22. The van der Waals surface area contributed by atoms with Crippen molar-refractivity contribution in [3.8, 4) is 5.75 Å². The second-order valence-corrected chi connectivity index (χ2v) is 8.18. The Kier molecular flexibility index (Phi) is 6.05. The number of anilines is 2. The van der Waals surface area contributed by atoms with Crippen LogP contribution in [0.5, 0.6) is 5.75 Å². The number of carbonyl (C=O) groups excluding carboxylic acids is 1. The molecule has 2 aromatic carbocycles. The number of nitrogens with zero attached hydrogens (tertiary/aromatic N) is 1. The first kappa shape index (κ1) is 18.5. The molecular formula is C16H17IN2O4S. The van der Waals surface area contributed by atoms with Crippen LogP contribution in [0.2, 0.25) is 0 Å². The molecule has 0 bridgehead atoms. The Hall–Kier alpha value is -1.81. The monoisotopic (exact) mass is 460 g/mol. The highest BCUT2D eigenvalue weighted by Crippen LogP contribution is 2.20. The molecule has 128 valence electrons. The van der Waals surface area contributed by atoms with Gasteiger partial charge in [0.2, 0.25) is 15.9 Å². The van der Waals surface area contributed by atoms with E-state index in [0.717, 1.165) is 14.1 Å². The summed E-state index contributed by atoms with van der Waals surface area (Å²) in [6.45, 7) is -0.300. The summed E-state index contributed by atoms with van der Waals surface area (Å²) in [6, 6.07) is 13.7. The minimum atomic E-state index is -3.58. The van der Waals surface area contributed by atoms with Crippen molar-refractivity contribution < 1.29 is 17.9 Å². The van der Waals surface area contributed by atoms with E-state index in [1.54, 1.807) is 55.6 Å². The molecule has 0 saturated carbocycles. The van der Waals surface area contributed by atoms with Crippen LogP contribution in [0.25, 0.3) is 0 Å². The number of nitrogens with one attached hydrogen (secondary N) is 1. The van der Waals surface area contributed by atoms with Gasteiger partial charge in [0.05, 0.1) is 19.1 Å². The molecule has 0 heterocycles. The van der Waals surface area contributed by atoms with Gasteiger partial charge in [-0.1, -0.05) is 0 Å². The molecule has 0 atom stereocenters. The van der Waals surface area contributed by atoms with E-state index in [0.29, 0.717) is 17.1 Å². The van der Waals surface area contributed by atoms with Crippen LogP contribution in [0.4, 0.5) is 11.4 Å². The van der Waals surface area contributed by atoms with E-state index in [1.165, 1.54) is 0 Å². The second-order valence-electron chi connectivity index (χ2n) is 5.02. The van der Waals surface area contributed by atoms with E-state index in [1.807, 2.05) is 0 Å². The maximum atomic E-state index is 12.2. The number of rotatable bonds is 6. The molecule has 6 nitrogen and oxygen atoms in total. The van der Waals surface area contributed by atoms with E-state index < -0.39 is 15.9 Å². The van der Waals surface area contributed by atoms with E-state index in [2.05, 4.69) is 27.9 Å². The van der Waals surface area contributed by atoms with Gasteiger partial charge in [-0.15, -0.1) is 0 Å². The Morgan fingerprint density at radius 3 is 2.21 bits per heavy atom. The summed E-state index contributed by atoms with van der Waals surface area (Å²) in [5, 5.41) is 2.67. The van der Waals surface area contributed by atoms with Gasteiger partial charge in [-0.05, 0) is 71.1 Å². The van der Waals surface area contributed by atoms with Crippen LogP contribution < -0.4 is 14.4 Å². The van der Waals surface area contributed by atoms with Gasteiger partial charge in [-0.3, -0.25) is 9.10 Å². The minimum Gasteiger partial charge on any atom is -0.497 e. The first-order chi connectivity index (χ1) is 11.3. The number of hydrogen-bond donors (Lipinski definition) is 1. The molecule has 0 aliphatic carbocycles. The number of amides is 1. The van der Waals surface area contributed by atoms with E-state index in [9.17, 15) is 13.2 Å². The van der Waals surface area contributed by atoms with Crippen molar-refractivity contribution in [1.29, 1.82) is 0 Å². The Morgan fingerprint density at radius 2 is 1.71 bits per heavy atom. The van der Waals surface area contributed by atoms with E-state index in [-0.39, 0.29) is 6.54 Å². The number of ether oxygens (including phenoxy) is 1. The van der Waals surface area contributed by atoms with Crippen LogP contribution >= 0.6 is 22.6 Å². The van der Waals surface area contributed by atoms with Gasteiger partial charge in [0.15, 0.2) is 0 Å². The third-order valence-corrected chi connectivity index (χ3v) is 5.04. The quantitative estimate of drug-likeness (QED) is 0.673. The molecule has 1 N–H and O–H groups in total. The van der Waals surface area contributed by atoms with Gasteiger partial charge in [0.25, 0.3) is 0 Å². The van der Waals surface area contributed by atoms with Crippen molar-refractivity contribution >= 4 is 49.9 Å². The van der Waals surface area contributed by atoms with Gasteiger partial charge < -0.3 is 10.1 Å². The molecule has 0 fully saturated rings. The normalized spacial score (nSPS) is 11.0. The van der Waals surface area contributed by atoms with Crippen LogP contribution in [-0.2, 0) is 14.8 Å². The van der Waals surface area contributed by atoms with Crippen LogP contribution in [0.1, 0.15) is 0 Å². The van der Waals surface area contributed by atoms with Gasteiger partial charge in [-0.25, -0.2) is 8.42 Å². The Labute approximate surface area is 155 Å². The molecule has 0 aromatic heterocycles. The predicted molar refractivity (Wildman–Crippen MR) is 103 cm³/mol. The fourth-order valence-electron chi connectivity index (χ4n) is 2.01. The lowest BCUT2D eigenvalue weighted by Crippen LogP contribution is -2.37. The van der Waals surface area contributed by atoms with Crippen molar-refractivity contribution in [2.75, 3.05) is 29.5 Å². The summed E-state index contributed by atoms with van der Waals surface area (Å²) in [6.07, 6.45) is 1.08. The Balaban J connectivity index is 2.14. The van der Waals surface area contributed by atoms with Crippen molar-refractivity contribution in [3.05, 3.63) is 52.1 Å². The Bertz CT molecular complexity index is 805. The summed E-state index contributed by atoms with van der Waals surface area (Å²) < 4.78 is 31.1. The second kappa shape index (κ2) is 7.84. The lowest BCUT2D eigenvalue weighted by molar-refractivity contribution is -0.114. The van der Waals surface area contributed by atoms with Crippen molar-refractivity contribution in [2.45, 2.75) is 0 Å². The molecule has 24 heavy (non-hydrogen) atoms. The van der Waals surface area contributed by atoms with Gasteiger partial charge in [0.1, 0.15) is 12.3 Å². The van der Waals surface area contributed by atoms with E-state index in [4.69, 9.17) is 4.74 Å². The topological polar surface area (TPSA) is 75.7 Å². The number of carbonyl (C=O) groups is 1. The Morgan fingerprint density at radius 1 is 1.12 bits per heavy atom. The number of sulfonamides is 1. The number of benzene rings is 2. The molecule has 1 amide bonds. The molecule has 0 unspecified atom stereocenters. The molecule has 8 heteroatoms. The van der Waals surface area contributed by atoms with Crippen LogP contribution in [-0.4, -0.2) is 34.2 Å². The van der Waals surface area contributed by atoms with Crippen LogP contribution in [0.3, 0.4) is 0 Å². The molecular weight excluding hydrogens is 443 g/mol. The lowest BCUT2D eigenvalue weighted by atomic mass is 10.3. The number of hydrogen-bond acceptors (Lipinski definition) is 4. The van der Waals surface area contributed by atoms with Crippen LogP contribution in [0, 0.1) is 3.57 Å². The standard InChI is InChI=1S/C16H17IN2O4S/c1-23-15-9-5-13(6-10-15)18-16(20)11-19(24(2,21)22)14-7-3-12(17)4-8-14/h3-10H,11H2,1-2H3,(H,18,20). The average Bonchev–Trinajstić information content (AvgIpc) is 2.53. The fourth-order valence-corrected chi connectivity index (χ4v) is 3.23. The molecule has 0 radical (unpaired) electrons. The van der Waals surface area contributed by atoms with Gasteiger partial charge in [-0.2, -0.15) is 0 Å². The zero-order valence-corrected chi connectivity index (χ0v) is 16.2. The van der Waals surface area contributed by atoms with E-state index >= 15 is 0 Å². The third kappa shape index (κ3) is 5.10. The molecule has 2 aromatic rings. The highest BCUT2D eigenvalue weighted by atomic mass is 127. The largest absolute Gasteiger partial charge is 0.497 e. The molecule has 0 aliphatic heterocycles. The summed E-state index contributed by atoms with van der Waals surface area (Å²) in [4.78, 5) is 12.2. The minimum absolute atomic E-state index is 0.300. The van der Waals surface area contributed by atoms with Crippen molar-refractivity contribution in [2.24, 2.45) is 0 Å². The fraction of sp³-hybridized carbons (Fsp3) is 0.188. The molecule has 0 saturated heterocycles. The zero-order chi connectivity index (χ0) is 17.7. The summed E-state index contributed by atoms with van der Waals surface area (Å²) in [5.41, 5.74) is 1.01.